The van der Waals surface area contributed by atoms with E-state index in [0.29, 0.717) is 12.3 Å². The zero-order valence-corrected chi connectivity index (χ0v) is 11.1. The zero-order valence-electron chi connectivity index (χ0n) is 10.4. The molecule has 1 aromatic rings. The van der Waals surface area contributed by atoms with Crippen LogP contribution in [0.5, 0.6) is 0 Å². The second-order valence-corrected chi connectivity index (χ2v) is 5.77. The molecule has 2 rings (SSSR count). The molecule has 1 aliphatic rings. The molecule has 0 radical (unpaired) electrons. The molecule has 1 heterocycles. The molecule has 2 nitrogen and oxygen atoms in total. The summed E-state index contributed by atoms with van der Waals surface area (Å²) in [6.45, 7) is 6.33. The molecule has 0 saturated carbocycles. The maximum Gasteiger partial charge on any atom is 0.152 e. The largest absolute Gasteiger partial charge is 0.298 e. The molecule has 17 heavy (non-hydrogen) atoms. The van der Waals surface area contributed by atoms with Gasteiger partial charge < -0.3 is 0 Å². The van der Waals surface area contributed by atoms with Crippen molar-refractivity contribution in [3.63, 3.8) is 0 Å². The van der Waals surface area contributed by atoms with Crippen molar-refractivity contribution in [3.8, 4) is 0 Å². The summed E-state index contributed by atoms with van der Waals surface area (Å²) in [4.78, 5) is 14.1. The van der Waals surface area contributed by atoms with E-state index in [4.69, 9.17) is 11.6 Å². The molecule has 0 aliphatic carbocycles. The van der Waals surface area contributed by atoms with Crippen molar-refractivity contribution in [1.29, 1.82) is 0 Å². The van der Waals surface area contributed by atoms with Crippen molar-refractivity contribution in [1.82, 2.24) is 4.90 Å². The van der Waals surface area contributed by atoms with Gasteiger partial charge in [-0.2, -0.15) is 0 Å². The minimum atomic E-state index is -0.156. The molecule has 3 heteroatoms. The van der Waals surface area contributed by atoms with Crippen molar-refractivity contribution in [2.24, 2.45) is 5.41 Å². The minimum Gasteiger partial charge on any atom is -0.298 e. The van der Waals surface area contributed by atoms with E-state index in [2.05, 4.69) is 4.90 Å². The Kier molecular flexibility index (Phi) is 3.55. The summed E-state index contributed by atoms with van der Waals surface area (Å²) in [5, 5.41) is 0.782. The van der Waals surface area contributed by atoms with Gasteiger partial charge >= 0.3 is 0 Å². The van der Waals surface area contributed by atoms with Gasteiger partial charge in [0.15, 0.2) is 5.78 Å². The number of benzene rings is 1. The van der Waals surface area contributed by atoms with Crippen LogP contribution in [0, 0.1) is 5.41 Å². The van der Waals surface area contributed by atoms with Crippen LogP contribution in [0.1, 0.15) is 25.8 Å². The van der Waals surface area contributed by atoms with E-state index in [9.17, 15) is 4.79 Å². The Morgan fingerprint density at radius 1 is 1.35 bits per heavy atom. The monoisotopic (exact) mass is 251 g/mol. The summed E-state index contributed by atoms with van der Waals surface area (Å²) in [5.74, 6) is 0.329. The van der Waals surface area contributed by atoms with Crippen LogP contribution in [-0.4, -0.2) is 23.8 Å². The van der Waals surface area contributed by atoms with E-state index >= 15 is 0 Å². The number of hydrogen-bond acceptors (Lipinski definition) is 2. The van der Waals surface area contributed by atoms with Gasteiger partial charge in [0, 0.05) is 17.0 Å². The molecule has 0 spiro atoms. The zero-order chi connectivity index (χ0) is 12.5. The van der Waals surface area contributed by atoms with Crippen molar-refractivity contribution in [3.05, 3.63) is 34.9 Å². The van der Waals surface area contributed by atoms with Crippen molar-refractivity contribution in [2.45, 2.75) is 26.8 Å². The van der Waals surface area contributed by atoms with Crippen LogP contribution < -0.4 is 0 Å². The SMILES string of the molecule is CC1(C)CCN(Cc2ccccc2Cl)CC1=O. The molecule has 1 saturated heterocycles. The van der Waals surface area contributed by atoms with Gasteiger partial charge in [0.05, 0.1) is 6.54 Å². The number of carbonyl (C=O) groups excluding carboxylic acids is 1. The number of halogens is 1. The van der Waals surface area contributed by atoms with Crippen LogP contribution in [0.3, 0.4) is 0 Å². The normalized spacial score (nSPS) is 20.5. The number of carbonyl (C=O) groups is 1. The summed E-state index contributed by atoms with van der Waals surface area (Å²) < 4.78 is 0. The van der Waals surface area contributed by atoms with Crippen LogP contribution in [-0.2, 0) is 11.3 Å². The number of piperidine rings is 1. The highest BCUT2D eigenvalue weighted by molar-refractivity contribution is 6.31. The first-order chi connectivity index (χ1) is 7.99. The van der Waals surface area contributed by atoms with Gasteiger partial charge in [-0.3, -0.25) is 9.69 Å². The molecule has 0 amide bonds. The Morgan fingerprint density at radius 3 is 2.71 bits per heavy atom. The number of nitrogens with zero attached hydrogens (tertiary/aromatic N) is 1. The van der Waals surface area contributed by atoms with E-state index in [0.717, 1.165) is 30.1 Å². The molecule has 0 bridgehead atoms. The quantitative estimate of drug-likeness (QED) is 0.805. The first-order valence-corrected chi connectivity index (χ1v) is 6.36. The Balaban J connectivity index is 2.03. The first kappa shape index (κ1) is 12.6. The maximum absolute atomic E-state index is 11.9. The molecule has 0 N–H and O–H groups in total. The number of likely N-dealkylation sites (tertiary alicyclic amines) is 1. The lowest BCUT2D eigenvalue weighted by atomic mass is 9.81. The van der Waals surface area contributed by atoms with E-state index in [1.54, 1.807) is 0 Å². The molecular weight excluding hydrogens is 234 g/mol. The van der Waals surface area contributed by atoms with E-state index in [1.807, 2.05) is 38.1 Å². The summed E-state index contributed by atoms with van der Waals surface area (Å²) >= 11 is 6.12. The summed E-state index contributed by atoms with van der Waals surface area (Å²) in [7, 11) is 0. The van der Waals surface area contributed by atoms with Gasteiger partial charge in [-0.1, -0.05) is 43.6 Å². The molecule has 1 aromatic carbocycles. The van der Waals surface area contributed by atoms with Crippen molar-refractivity contribution < 1.29 is 4.79 Å². The van der Waals surface area contributed by atoms with Crippen molar-refractivity contribution in [2.75, 3.05) is 13.1 Å². The fourth-order valence-electron chi connectivity index (χ4n) is 2.08. The number of Topliss-reactive ketones (excluding diaryl/α,β-unsaturated/α-hetero) is 1. The van der Waals surface area contributed by atoms with E-state index in [1.165, 1.54) is 0 Å². The van der Waals surface area contributed by atoms with Gasteiger partial charge in [-0.25, -0.2) is 0 Å². The maximum atomic E-state index is 11.9. The first-order valence-electron chi connectivity index (χ1n) is 5.98. The van der Waals surface area contributed by atoms with Gasteiger partial charge in [0.1, 0.15) is 0 Å². The molecule has 1 fully saturated rings. The Bertz CT molecular complexity index is 428. The van der Waals surface area contributed by atoms with E-state index < -0.39 is 0 Å². The Labute approximate surface area is 108 Å². The van der Waals surface area contributed by atoms with Crippen LogP contribution in [0.25, 0.3) is 0 Å². The predicted octanol–water partition coefficient (Wildman–Crippen LogP) is 3.14. The van der Waals surface area contributed by atoms with Gasteiger partial charge in [0.2, 0.25) is 0 Å². The molecular formula is C14H18ClNO. The number of ketones is 1. The van der Waals surface area contributed by atoms with E-state index in [-0.39, 0.29) is 5.41 Å². The third-order valence-electron chi connectivity index (χ3n) is 3.53. The van der Waals surface area contributed by atoms with Crippen LogP contribution in [0.15, 0.2) is 24.3 Å². The fraction of sp³-hybridized carbons (Fsp3) is 0.500. The average Bonchev–Trinajstić information content (AvgIpc) is 2.27. The Hall–Kier alpha value is -0.860. The molecule has 0 unspecified atom stereocenters. The van der Waals surface area contributed by atoms with Gasteiger partial charge in [-0.15, -0.1) is 0 Å². The minimum absolute atomic E-state index is 0.156. The van der Waals surface area contributed by atoms with Crippen LogP contribution in [0.4, 0.5) is 0 Å². The fourth-order valence-corrected chi connectivity index (χ4v) is 2.27. The third kappa shape index (κ3) is 2.88. The highest BCUT2D eigenvalue weighted by Crippen LogP contribution is 2.28. The molecule has 92 valence electrons. The second-order valence-electron chi connectivity index (χ2n) is 5.36. The van der Waals surface area contributed by atoms with Gasteiger partial charge in [0.25, 0.3) is 0 Å². The lowest BCUT2D eigenvalue weighted by molar-refractivity contribution is -0.132. The predicted molar refractivity (Wildman–Crippen MR) is 70.1 cm³/mol. The number of rotatable bonds is 2. The highest BCUT2D eigenvalue weighted by Gasteiger charge is 2.33. The summed E-state index contributed by atoms with van der Waals surface area (Å²) in [6, 6.07) is 7.83. The second kappa shape index (κ2) is 4.79. The lowest BCUT2D eigenvalue weighted by Crippen LogP contribution is -2.44. The number of hydrogen-bond donors (Lipinski definition) is 0. The highest BCUT2D eigenvalue weighted by atomic mass is 35.5. The topological polar surface area (TPSA) is 20.3 Å². The lowest BCUT2D eigenvalue weighted by Gasteiger charge is -2.35. The molecule has 0 atom stereocenters. The van der Waals surface area contributed by atoms with Crippen LogP contribution >= 0.6 is 11.6 Å². The standard InChI is InChI=1S/C14H18ClNO/c1-14(2)7-8-16(10-13(14)17)9-11-5-3-4-6-12(11)15/h3-6H,7-10H2,1-2H3. The van der Waals surface area contributed by atoms with Crippen LogP contribution in [0.2, 0.25) is 5.02 Å². The molecule has 0 aromatic heterocycles. The summed E-state index contributed by atoms with van der Waals surface area (Å²) in [6.07, 6.45) is 0.927. The smallest absolute Gasteiger partial charge is 0.152 e. The average molecular weight is 252 g/mol. The van der Waals surface area contributed by atoms with Gasteiger partial charge in [-0.05, 0) is 24.6 Å². The van der Waals surface area contributed by atoms with Crippen molar-refractivity contribution >= 4 is 17.4 Å². The molecule has 1 aliphatic heterocycles. The Morgan fingerprint density at radius 2 is 2.06 bits per heavy atom. The summed E-state index contributed by atoms with van der Waals surface area (Å²) in [5.41, 5.74) is 0.943. The third-order valence-corrected chi connectivity index (χ3v) is 3.90.